The van der Waals surface area contributed by atoms with Crippen LogP contribution >= 0.6 is 11.3 Å². The van der Waals surface area contributed by atoms with Crippen molar-refractivity contribution < 1.29 is 0 Å². The van der Waals surface area contributed by atoms with Crippen molar-refractivity contribution >= 4 is 11.3 Å². The molecule has 1 aromatic heterocycles. The largest absolute Gasteiger partial charge is 0.322 e. The molecule has 0 aromatic carbocycles. The first-order valence-electron chi connectivity index (χ1n) is 6.60. The highest BCUT2D eigenvalue weighted by molar-refractivity contribution is 7.09. The van der Waals surface area contributed by atoms with Gasteiger partial charge in [-0.05, 0) is 34.0 Å². The van der Waals surface area contributed by atoms with Crippen molar-refractivity contribution in [1.82, 2.24) is 14.8 Å². The fourth-order valence-electron chi connectivity index (χ4n) is 1.76. The van der Waals surface area contributed by atoms with Crippen LogP contribution < -0.4 is 5.73 Å². The summed E-state index contributed by atoms with van der Waals surface area (Å²) in [6, 6.07) is 0.0464. The van der Waals surface area contributed by atoms with E-state index in [1.807, 2.05) is 6.92 Å². The maximum atomic E-state index is 5.84. The van der Waals surface area contributed by atoms with Crippen molar-refractivity contribution in [3.05, 3.63) is 16.1 Å². The Balaban J connectivity index is 2.52. The van der Waals surface area contributed by atoms with Crippen LogP contribution in [0.2, 0.25) is 0 Å². The predicted molar refractivity (Wildman–Crippen MR) is 78.8 cm³/mol. The summed E-state index contributed by atoms with van der Waals surface area (Å²) < 4.78 is 0. The molecule has 1 rings (SSSR count). The maximum absolute atomic E-state index is 5.84. The fraction of sp³-hybridized carbons (Fsp3) is 0.769. The fourth-order valence-corrected chi connectivity index (χ4v) is 2.53. The van der Waals surface area contributed by atoms with Crippen LogP contribution in [0.5, 0.6) is 0 Å². The number of likely N-dealkylation sites (N-methyl/N-ethyl adjacent to an activating group) is 1. The molecule has 0 saturated carbocycles. The SMILES string of the molecule is CCCN(CCN(C)C)Cc1csc(C(C)N)n1. The lowest BCUT2D eigenvalue weighted by Gasteiger charge is -2.22. The first-order valence-corrected chi connectivity index (χ1v) is 7.47. The number of rotatable bonds is 8. The normalized spacial score (nSPS) is 13.5. The standard InChI is InChI=1S/C13H26N4S/c1-5-6-17(8-7-16(3)4)9-12-10-18-13(15-12)11(2)14/h10-11H,5-9,14H2,1-4H3. The minimum absolute atomic E-state index is 0.0464. The third-order valence-electron chi connectivity index (χ3n) is 2.75. The summed E-state index contributed by atoms with van der Waals surface area (Å²) in [6.07, 6.45) is 1.18. The second-order valence-electron chi connectivity index (χ2n) is 5.05. The second-order valence-corrected chi connectivity index (χ2v) is 5.93. The highest BCUT2D eigenvalue weighted by Crippen LogP contribution is 2.17. The van der Waals surface area contributed by atoms with Gasteiger partial charge >= 0.3 is 0 Å². The molecule has 1 aromatic rings. The first-order chi connectivity index (χ1) is 8.52. The molecule has 0 radical (unpaired) electrons. The summed E-state index contributed by atoms with van der Waals surface area (Å²) in [7, 11) is 4.22. The Bertz CT molecular complexity index is 335. The summed E-state index contributed by atoms with van der Waals surface area (Å²) in [5.41, 5.74) is 6.99. The molecule has 0 amide bonds. The van der Waals surface area contributed by atoms with E-state index in [0.717, 1.165) is 36.9 Å². The number of hydrogen-bond donors (Lipinski definition) is 1. The molecule has 0 aliphatic carbocycles. The van der Waals surface area contributed by atoms with E-state index in [2.05, 4.69) is 41.2 Å². The molecule has 0 aliphatic heterocycles. The van der Waals surface area contributed by atoms with Gasteiger partial charge in [-0.1, -0.05) is 6.92 Å². The number of nitrogens with two attached hydrogens (primary N) is 1. The number of thiazole rings is 1. The molecular weight excluding hydrogens is 244 g/mol. The molecule has 0 saturated heterocycles. The van der Waals surface area contributed by atoms with Crippen LogP contribution in [0.1, 0.15) is 37.0 Å². The van der Waals surface area contributed by atoms with Gasteiger partial charge < -0.3 is 10.6 Å². The molecule has 4 nitrogen and oxygen atoms in total. The molecule has 0 bridgehead atoms. The van der Waals surface area contributed by atoms with E-state index < -0.39 is 0 Å². The van der Waals surface area contributed by atoms with Gasteiger partial charge in [0.05, 0.1) is 11.7 Å². The van der Waals surface area contributed by atoms with Crippen LogP contribution in [-0.2, 0) is 6.54 Å². The van der Waals surface area contributed by atoms with E-state index >= 15 is 0 Å². The van der Waals surface area contributed by atoms with Gasteiger partial charge in [0.2, 0.25) is 0 Å². The van der Waals surface area contributed by atoms with E-state index in [1.165, 1.54) is 6.42 Å². The smallest absolute Gasteiger partial charge is 0.109 e. The van der Waals surface area contributed by atoms with Crippen molar-refractivity contribution in [1.29, 1.82) is 0 Å². The maximum Gasteiger partial charge on any atom is 0.109 e. The van der Waals surface area contributed by atoms with Crippen molar-refractivity contribution in [2.24, 2.45) is 5.73 Å². The Morgan fingerprint density at radius 2 is 2.06 bits per heavy atom. The molecule has 104 valence electrons. The summed E-state index contributed by atoms with van der Waals surface area (Å²) in [5, 5.41) is 3.17. The predicted octanol–water partition coefficient (Wildman–Crippen LogP) is 1.94. The second kappa shape index (κ2) is 7.84. The van der Waals surface area contributed by atoms with Gasteiger partial charge in [0.1, 0.15) is 5.01 Å². The zero-order chi connectivity index (χ0) is 13.5. The third kappa shape index (κ3) is 5.44. The first kappa shape index (κ1) is 15.6. The molecule has 18 heavy (non-hydrogen) atoms. The van der Waals surface area contributed by atoms with E-state index in [1.54, 1.807) is 11.3 Å². The summed E-state index contributed by atoms with van der Waals surface area (Å²) in [5.74, 6) is 0. The highest BCUT2D eigenvalue weighted by Gasteiger charge is 2.10. The van der Waals surface area contributed by atoms with Crippen LogP contribution in [0, 0.1) is 0 Å². The van der Waals surface area contributed by atoms with Crippen LogP contribution in [0.25, 0.3) is 0 Å². The van der Waals surface area contributed by atoms with E-state index in [4.69, 9.17) is 5.73 Å². The molecule has 5 heteroatoms. The van der Waals surface area contributed by atoms with Gasteiger partial charge in [-0.15, -0.1) is 11.3 Å². The van der Waals surface area contributed by atoms with Crippen LogP contribution in [0.15, 0.2) is 5.38 Å². The van der Waals surface area contributed by atoms with Gasteiger partial charge in [0, 0.05) is 25.0 Å². The molecule has 1 unspecified atom stereocenters. The minimum Gasteiger partial charge on any atom is -0.322 e. The Morgan fingerprint density at radius 3 is 2.56 bits per heavy atom. The van der Waals surface area contributed by atoms with E-state index in [-0.39, 0.29) is 6.04 Å². The topological polar surface area (TPSA) is 45.4 Å². The van der Waals surface area contributed by atoms with Crippen molar-refractivity contribution in [2.45, 2.75) is 32.9 Å². The lowest BCUT2D eigenvalue weighted by molar-refractivity contribution is 0.232. The van der Waals surface area contributed by atoms with Crippen molar-refractivity contribution in [2.75, 3.05) is 33.7 Å². The average Bonchev–Trinajstić information content (AvgIpc) is 2.75. The molecule has 1 heterocycles. The van der Waals surface area contributed by atoms with Crippen LogP contribution in [0.3, 0.4) is 0 Å². The van der Waals surface area contributed by atoms with Crippen LogP contribution in [0.4, 0.5) is 0 Å². The molecule has 0 spiro atoms. The molecule has 2 N–H and O–H groups in total. The lowest BCUT2D eigenvalue weighted by Crippen LogP contribution is -2.32. The van der Waals surface area contributed by atoms with Gasteiger partial charge in [-0.2, -0.15) is 0 Å². The van der Waals surface area contributed by atoms with Gasteiger partial charge in [-0.3, -0.25) is 4.90 Å². The Kier molecular flexibility index (Phi) is 6.78. The Morgan fingerprint density at radius 1 is 1.33 bits per heavy atom. The molecule has 0 fully saturated rings. The summed E-state index contributed by atoms with van der Waals surface area (Å²) >= 11 is 1.67. The lowest BCUT2D eigenvalue weighted by atomic mass is 10.3. The Hall–Kier alpha value is -0.490. The highest BCUT2D eigenvalue weighted by atomic mass is 32.1. The monoisotopic (exact) mass is 270 g/mol. The third-order valence-corrected chi connectivity index (χ3v) is 3.84. The summed E-state index contributed by atoms with van der Waals surface area (Å²) in [4.78, 5) is 9.27. The zero-order valence-electron chi connectivity index (χ0n) is 12.0. The minimum atomic E-state index is 0.0464. The van der Waals surface area contributed by atoms with Gasteiger partial charge in [0.15, 0.2) is 0 Å². The molecule has 1 atom stereocenters. The number of aromatic nitrogens is 1. The van der Waals surface area contributed by atoms with E-state index in [9.17, 15) is 0 Å². The van der Waals surface area contributed by atoms with Crippen LogP contribution in [-0.4, -0.2) is 48.5 Å². The van der Waals surface area contributed by atoms with E-state index in [0.29, 0.717) is 0 Å². The number of nitrogens with zero attached hydrogens (tertiary/aromatic N) is 3. The van der Waals surface area contributed by atoms with Gasteiger partial charge in [-0.25, -0.2) is 4.98 Å². The molecular formula is C13H26N4S. The Labute approximate surface area is 115 Å². The zero-order valence-corrected chi connectivity index (χ0v) is 12.8. The van der Waals surface area contributed by atoms with Crippen molar-refractivity contribution in [3.63, 3.8) is 0 Å². The quantitative estimate of drug-likeness (QED) is 0.784. The number of hydrogen-bond acceptors (Lipinski definition) is 5. The van der Waals surface area contributed by atoms with Crippen molar-refractivity contribution in [3.8, 4) is 0 Å². The summed E-state index contributed by atoms with van der Waals surface area (Å²) in [6.45, 7) is 8.44. The van der Waals surface area contributed by atoms with Gasteiger partial charge in [0.25, 0.3) is 0 Å². The molecule has 0 aliphatic rings. The average molecular weight is 270 g/mol.